The summed E-state index contributed by atoms with van der Waals surface area (Å²) in [4.78, 5) is 29.3. The van der Waals surface area contributed by atoms with Crippen LogP contribution >= 0.6 is 11.3 Å². The van der Waals surface area contributed by atoms with E-state index in [2.05, 4.69) is 39.2 Å². The molecule has 162 valence electrons. The van der Waals surface area contributed by atoms with Crippen LogP contribution in [0, 0.1) is 0 Å². The average Bonchev–Trinajstić information content (AvgIpc) is 3.27. The van der Waals surface area contributed by atoms with Gasteiger partial charge in [0, 0.05) is 48.9 Å². The molecule has 8 heteroatoms. The van der Waals surface area contributed by atoms with Gasteiger partial charge in [0.1, 0.15) is 5.82 Å². The lowest BCUT2D eigenvalue weighted by molar-refractivity contribution is -0.116. The maximum Gasteiger partial charge on any atom is 0.252 e. The number of primary amides is 1. The number of nitrogens with two attached hydrogens (primary N) is 1. The molecule has 0 unspecified atom stereocenters. The van der Waals surface area contributed by atoms with Crippen LogP contribution in [0.25, 0.3) is 10.1 Å². The second kappa shape index (κ2) is 9.07. The minimum absolute atomic E-state index is 0.0385. The molecule has 0 aliphatic heterocycles. The molecule has 2 amide bonds. The van der Waals surface area contributed by atoms with Gasteiger partial charge in [-0.2, -0.15) is 0 Å². The molecule has 2 heterocycles. The SMILES string of the molecule is CC(=O)N(C)c1ccc(Nc2cc(NCc3cccc4ccsc34)c(C(N)=O)cn2)cc1. The zero-order valence-corrected chi connectivity index (χ0v) is 18.6. The lowest BCUT2D eigenvalue weighted by atomic mass is 10.1. The number of hydrogen-bond donors (Lipinski definition) is 3. The molecule has 0 fully saturated rings. The molecule has 4 rings (SSSR count). The standard InChI is InChI=1S/C24H23N5O2S/c1-15(30)29(2)19-8-6-18(7-9-19)28-22-12-21(20(14-27-22)24(25)31)26-13-17-5-3-4-16-10-11-32-23(16)17/h3-12,14H,13H2,1-2H3,(H2,25,31)(H2,26,27,28). The normalized spacial score (nSPS) is 10.7. The van der Waals surface area contributed by atoms with Crippen LogP contribution in [0.1, 0.15) is 22.8 Å². The largest absolute Gasteiger partial charge is 0.380 e. The fourth-order valence-electron chi connectivity index (χ4n) is 3.35. The Morgan fingerprint density at radius 2 is 1.91 bits per heavy atom. The summed E-state index contributed by atoms with van der Waals surface area (Å²) in [5.74, 6) is -0.0135. The summed E-state index contributed by atoms with van der Waals surface area (Å²) in [5, 5.41) is 9.82. The number of rotatable bonds is 7. The van der Waals surface area contributed by atoms with Crippen LogP contribution in [0.4, 0.5) is 22.9 Å². The fraction of sp³-hybridized carbons (Fsp3) is 0.125. The molecule has 0 atom stereocenters. The highest BCUT2D eigenvalue weighted by atomic mass is 32.1. The summed E-state index contributed by atoms with van der Waals surface area (Å²) >= 11 is 1.69. The van der Waals surface area contributed by atoms with Crippen molar-refractivity contribution in [3.05, 3.63) is 77.3 Å². The van der Waals surface area contributed by atoms with Gasteiger partial charge in [-0.05, 0) is 46.7 Å². The van der Waals surface area contributed by atoms with Crippen molar-refractivity contribution < 1.29 is 9.59 Å². The maximum atomic E-state index is 11.9. The first-order chi connectivity index (χ1) is 15.4. The Labute approximate surface area is 189 Å². The van der Waals surface area contributed by atoms with Gasteiger partial charge in [-0.25, -0.2) is 4.98 Å². The highest BCUT2D eigenvalue weighted by Gasteiger charge is 2.12. The Kier molecular flexibility index (Phi) is 6.04. The smallest absolute Gasteiger partial charge is 0.252 e. The van der Waals surface area contributed by atoms with Crippen LogP contribution in [0.5, 0.6) is 0 Å². The number of fused-ring (bicyclic) bond motifs is 1. The second-order valence-corrected chi connectivity index (χ2v) is 8.26. The van der Waals surface area contributed by atoms with E-state index in [-0.39, 0.29) is 5.91 Å². The van der Waals surface area contributed by atoms with Crippen molar-refractivity contribution in [3.8, 4) is 0 Å². The zero-order valence-electron chi connectivity index (χ0n) is 17.8. The van der Waals surface area contributed by atoms with Crippen LogP contribution in [-0.4, -0.2) is 23.8 Å². The van der Waals surface area contributed by atoms with Gasteiger partial charge in [0.15, 0.2) is 0 Å². The van der Waals surface area contributed by atoms with E-state index in [1.165, 1.54) is 23.2 Å². The number of nitrogens with zero attached hydrogens (tertiary/aromatic N) is 2. The molecule has 4 aromatic rings. The first-order valence-electron chi connectivity index (χ1n) is 10.0. The van der Waals surface area contributed by atoms with Crippen LogP contribution in [0.3, 0.4) is 0 Å². The number of carbonyl (C=O) groups excluding carboxylic acids is 2. The molecule has 2 aromatic heterocycles. The Hall–Kier alpha value is -3.91. The molecular formula is C24H23N5O2S. The molecule has 32 heavy (non-hydrogen) atoms. The van der Waals surface area contributed by atoms with Crippen molar-refractivity contribution in [1.29, 1.82) is 0 Å². The van der Waals surface area contributed by atoms with Crippen LogP contribution in [-0.2, 0) is 11.3 Å². The number of amides is 2. The minimum Gasteiger partial charge on any atom is -0.380 e. The molecular weight excluding hydrogens is 422 g/mol. The lowest BCUT2D eigenvalue weighted by Crippen LogP contribution is -2.22. The van der Waals surface area contributed by atoms with Gasteiger partial charge in [-0.3, -0.25) is 9.59 Å². The van der Waals surface area contributed by atoms with Gasteiger partial charge < -0.3 is 21.3 Å². The summed E-state index contributed by atoms with van der Waals surface area (Å²) in [6, 6.07) is 17.5. The van der Waals surface area contributed by atoms with Crippen molar-refractivity contribution in [1.82, 2.24) is 4.98 Å². The maximum absolute atomic E-state index is 11.9. The number of carbonyl (C=O) groups is 2. The van der Waals surface area contributed by atoms with E-state index in [4.69, 9.17) is 5.73 Å². The third kappa shape index (κ3) is 4.55. The number of anilines is 4. The lowest BCUT2D eigenvalue weighted by Gasteiger charge is -2.16. The molecule has 0 aliphatic rings. The first kappa shape index (κ1) is 21.3. The number of hydrogen-bond acceptors (Lipinski definition) is 6. The van der Waals surface area contributed by atoms with Gasteiger partial charge in [-0.15, -0.1) is 11.3 Å². The molecule has 4 N–H and O–H groups in total. The van der Waals surface area contributed by atoms with E-state index in [1.807, 2.05) is 30.3 Å². The average molecular weight is 446 g/mol. The number of pyridine rings is 1. The molecule has 0 bridgehead atoms. The van der Waals surface area contributed by atoms with Crippen molar-refractivity contribution in [2.75, 3.05) is 22.6 Å². The van der Waals surface area contributed by atoms with Crippen molar-refractivity contribution in [3.63, 3.8) is 0 Å². The van der Waals surface area contributed by atoms with E-state index < -0.39 is 5.91 Å². The summed E-state index contributed by atoms with van der Waals surface area (Å²) < 4.78 is 1.21. The Morgan fingerprint density at radius 3 is 2.62 bits per heavy atom. The highest BCUT2D eigenvalue weighted by Crippen LogP contribution is 2.27. The van der Waals surface area contributed by atoms with Crippen molar-refractivity contribution in [2.24, 2.45) is 5.73 Å². The predicted molar refractivity (Wildman–Crippen MR) is 131 cm³/mol. The molecule has 7 nitrogen and oxygen atoms in total. The fourth-order valence-corrected chi connectivity index (χ4v) is 4.26. The van der Waals surface area contributed by atoms with E-state index in [0.29, 0.717) is 23.6 Å². The monoisotopic (exact) mass is 445 g/mol. The van der Waals surface area contributed by atoms with Crippen LogP contribution < -0.4 is 21.3 Å². The van der Waals surface area contributed by atoms with Gasteiger partial charge in [0.25, 0.3) is 5.91 Å². The third-order valence-electron chi connectivity index (χ3n) is 5.20. The van der Waals surface area contributed by atoms with Gasteiger partial charge in [0.2, 0.25) is 5.91 Å². The molecule has 0 saturated carbocycles. The molecule has 0 aliphatic carbocycles. The quantitative estimate of drug-likeness (QED) is 0.382. The van der Waals surface area contributed by atoms with Gasteiger partial charge in [0.05, 0.1) is 11.3 Å². The summed E-state index contributed by atoms with van der Waals surface area (Å²) in [6.07, 6.45) is 1.47. The zero-order chi connectivity index (χ0) is 22.7. The molecule has 0 radical (unpaired) electrons. The van der Waals surface area contributed by atoms with E-state index >= 15 is 0 Å². The number of aromatic nitrogens is 1. The third-order valence-corrected chi connectivity index (χ3v) is 6.20. The Balaban J connectivity index is 1.54. The highest BCUT2D eigenvalue weighted by molar-refractivity contribution is 7.17. The topological polar surface area (TPSA) is 100 Å². The van der Waals surface area contributed by atoms with Crippen LogP contribution in [0.15, 0.2) is 66.2 Å². The molecule has 0 saturated heterocycles. The van der Waals surface area contributed by atoms with E-state index in [9.17, 15) is 9.59 Å². The minimum atomic E-state index is -0.544. The van der Waals surface area contributed by atoms with Crippen molar-refractivity contribution in [2.45, 2.75) is 13.5 Å². The molecule has 2 aromatic carbocycles. The van der Waals surface area contributed by atoms with Gasteiger partial charge in [-0.1, -0.05) is 18.2 Å². The van der Waals surface area contributed by atoms with Gasteiger partial charge >= 0.3 is 0 Å². The Bertz CT molecular complexity index is 1280. The number of nitrogens with one attached hydrogen (secondary N) is 2. The summed E-state index contributed by atoms with van der Waals surface area (Å²) in [7, 11) is 1.73. The molecule has 0 spiro atoms. The van der Waals surface area contributed by atoms with Crippen molar-refractivity contribution >= 4 is 56.1 Å². The van der Waals surface area contributed by atoms with E-state index in [1.54, 1.807) is 29.4 Å². The predicted octanol–water partition coefficient (Wildman–Crippen LogP) is 4.73. The Morgan fingerprint density at radius 1 is 1.12 bits per heavy atom. The number of benzene rings is 2. The summed E-state index contributed by atoms with van der Waals surface area (Å²) in [6.45, 7) is 2.07. The first-order valence-corrected chi connectivity index (χ1v) is 10.9. The second-order valence-electron chi connectivity index (χ2n) is 7.34. The number of thiophene rings is 1. The van der Waals surface area contributed by atoms with E-state index in [0.717, 1.165) is 16.9 Å². The summed E-state index contributed by atoms with van der Waals surface area (Å²) in [5.41, 5.74) is 9.24. The van der Waals surface area contributed by atoms with Crippen LogP contribution in [0.2, 0.25) is 0 Å².